The number of nitrogens with one attached hydrogen (secondary N) is 1. The molecule has 0 aromatic heterocycles. The van der Waals surface area contributed by atoms with Crippen molar-refractivity contribution in [2.24, 2.45) is 11.7 Å². The standard InChI is InChI=1S/C16H24FN3O/c1-2-20-7-5-12(6-8-20)10-19-11-14-9-13(16(18)21)3-4-15(14)17/h3-4,9,12,19H,2,5-8,10-11H2,1H3,(H2,18,21). The van der Waals surface area contributed by atoms with Crippen LogP contribution >= 0.6 is 0 Å². The topological polar surface area (TPSA) is 58.4 Å². The van der Waals surface area contributed by atoms with Gasteiger partial charge in [-0.05, 0) is 63.1 Å². The molecule has 1 heterocycles. The van der Waals surface area contributed by atoms with Crippen molar-refractivity contribution in [3.8, 4) is 0 Å². The summed E-state index contributed by atoms with van der Waals surface area (Å²) in [7, 11) is 0. The zero-order valence-corrected chi connectivity index (χ0v) is 12.6. The number of nitrogens with two attached hydrogens (primary N) is 1. The maximum Gasteiger partial charge on any atom is 0.248 e. The number of primary amides is 1. The molecule has 4 nitrogen and oxygen atoms in total. The zero-order chi connectivity index (χ0) is 15.2. The predicted molar refractivity (Wildman–Crippen MR) is 81.5 cm³/mol. The molecule has 3 N–H and O–H groups in total. The van der Waals surface area contributed by atoms with Crippen LogP contribution < -0.4 is 11.1 Å². The fourth-order valence-corrected chi connectivity index (χ4v) is 2.78. The Morgan fingerprint density at radius 3 is 2.76 bits per heavy atom. The number of halogens is 1. The van der Waals surface area contributed by atoms with Gasteiger partial charge in [0.05, 0.1) is 0 Å². The third-order valence-electron chi connectivity index (χ3n) is 4.23. The fraction of sp³-hybridized carbons (Fsp3) is 0.562. The lowest BCUT2D eigenvalue weighted by atomic mass is 9.97. The van der Waals surface area contributed by atoms with Crippen LogP contribution in [-0.2, 0) is 6.54 Å². The predicted octanol–water partition coefficient (Wildman–Crippen LogP) is 1.75. The van der Waals surface area contributed by atoms with Gasteiger partial charge in [0.2, 0.25) is 5.91 Å². The molecule has 0 unspecified atom stereocenters. The van der Waals surface area contributed by atoms with Gasteiger partial charge >= 0.3 is 0 Å². The Kier molecular flexibility index (Phi) is 5.70. The van der Waals surface area contributed by atoms with Crippen molar-refractivity contribution < 1.29 is 9.18 Å². The van der Waals surface area contributed by atoms with E-state index in [1.165, 1.54) is 31.0 Å². The van der Waals surface area contributed by atoms with Gasteiger partial charge in [-0.1, -0.05) is 6.92 Å². The van der Waals surface area contributed by atoms with Gasteiger partial charge in [-0.3, -0.25) is 4.79 Å². The van der Waals surface area contributed by atoms with Gasteiger partial charge in [0.1, 0.15) is 5.82 Å². The van der Waals surface area contributed by atoms with Crippen LogP contribution in [0.2, 0.25) is 0 Å². The molecule has 5 heteroatoms. The lowest BCUT2D eigenvalue weighted by molar-refractivity contribution is 0.1000. The Morgan fingerprint density at radius 2 is 2.14 bits per heavy atom. The summed E-state index contributed by atoms with van der Waals surface area (Å²) < 4.78 is 13.7. The first-order valence-electron chi connectivity index (χ1n) is 7.61. The SMILES string of the molecule is CCN1CCC(CNCc2cc(C(N)=O)ccc2F)CC1. The molecule has 1 aliphatic rings. The third kappa shape index (κ3) is 4.51. The van der Waals surface area contributed by atoms with Crippen molar-refractivity contribution in [1.29, 1.82) is 0 Å². The smallest absolute Gasteiger partial charge is 0.248 e. The molecule has 1 aliphatic heterocycles. The highest BCUT2D eigenvalue weighted by Crippen LogP contribution is 2.16. The fourth-order valence-electron chi connectivity index (χ4n) is 2.78. The molecule has 0 saturated carbocycles. The molecular formula is C16H24FN3O. The monoisotopic (exact) mass is 293 g/mol. The van der Waals surface area contributed by atoms with Crippen LogP contribution in [0.15, 0.2) is 18.2 Å². The second-order valence-corrected chi connectivity index (χ2v) is 5.68. The number of amides is 1. The number of hydrogen-bond donors (Lipinski definition) is 2. The van der Waals surface area contributed by atoms with E-state index in [4.69, 9.17) is 5.73 Å². The van der Waals surface area contributed by atoms with E-state index in [1.807, 2.05) is 0 Å². The van der Waals surface area contributed by atoms with E-state index < -0.39 is 5.91 Å². The average Bonchev–Trinajstić information content (AvgIpc) is 2.49. The van der Waals surface area contributed by atoms with Crippen molar-refractivity contribution in [1.82, 2.24) is 10.2 Å². The van der Waals surface area contributed by atoms with Gasteiger partial charge < -0.3 is 16.0 Å². The minimum absolute atomic E-state index is 0.298. The van der Waals surface area contributed by atoms with Gasteiger partial charge in [0, 0.05) is 17.7 Å². The second kappa shape index (κ2) is 7.52. The van der Waals surface area contributed by atoms with Crippen molar-refractivity contribution in [3.05, 3.63) is 35.1 Å². The number of carbonyl (C=O) groups is 1. The van der Waals surface area contributed by atoms with E-state index in [-0.39, 0.29) is 5.82 Å². The summed E-state index contributed by atoms with van der Waals surface area (Å²) in [5.74, 6) is -0.174. The van der Waals surface area contributed by atoms with Crippen LogP contribution in [0.1, 0.15) is 35.7 Å². The van der Waals surface area contributed by atoms with E-state index in [0.717, 1.165) is 26.2 Å². The molecule has 0 spiro atoms. The highest BCUT2D eigenvalue weighted by Gasteiger charge is 2.17. The molecule has 1 aromatic rings. The maximum absolute atomic E-state index is 13.7. The lowest BCUT2D eigenvalue weighted by Crippen LogP contribution is -2.37. The molecule has 1 fully saturated rings. The summed E-state index contributed by atoms with van der Waals surface area (Å²) in [6.07, 6.45) is 2.37. The van der Waals surface area contributed by atoms with Crippen molar-refractivity contribution in [3.63, 3.8) is 0 Å². The summed E-state index contributed by atoms with van der Waals surface area (Å²) in [6, 6.07) is 4.25. The number of rotatable bonds is 6. The molecule has 21 heavy (non-hydrogen) atoms. The molecule has 0 atom stereocenters. The number of piperidine rings is 1. The molecular weight excluding hydrogens is 269 g/mol. The summed E-state index contributed by atoms with van der Waals surface area (Å²) in [4.78, 5) is 13.6. The van der Waals surface area contributed by atoms with Gasteiger partial charge in [-0.2, -0.15) is 0 Å². The van der Waals surface area contributed by atoms with Crippen LogP contribution in [-0.4, -0.2) is 37.0 Å². The number of carbonyl (C=O) groups excluding carboxylic acids is 1. The second-order valence-electron chi connectivity index (χ2n) is 5.68. The van der Waals surface area contributed by atoms with Crippen molar-refractivity contribution in [2.45, 2.75) is 26.3 Å². The minimum atomic E-state index is -0.525. The van der Waals surface area contributed by atoms with E-state index in [1.54, 1.807) is 0 Å². The van der Waals surface area contributed by atoms with Gasteiger partial charge in [0.15, 0.2) is 0 Å². The van der Waals surface area contributed by atoms with Crippen LogP contribution in [0.3, 0.4) is 0 Å². The Labute approximate surface area is 125 Å². The highest BCUT2D eigenvalue weighted by molar-refractivity contribution is 5.92. The first kappa shape index (κ1) is 15.9. The van der Waals surface area contributed by atoms with Crippen LogP contribution in [0.4, 0.5) is 4.39 Å². The van der Waals surface area contributed by atoms with E-state index in [9.17, 15) is 9.18 Å². The minimum Gasteiger partial charge on any atom is -0.366 e. The van der Waals surface area contributed by atoms with Gasteiger partial charge in [-0.25, -0.2) is 4.39 Å². The Bertz CT molecular complexity index is 484. The Hall–Kier alpha value is -1.46. The van der Waals surface area contributed by atoms with E-state index in [2.05, 4.69) is 17.1 Å². The van der Waals surface area contributed by atoms with Crippen molar-refractivity contribution in [2.75, 3.05) is 26.2 Å². The lowest BCUT2D eigenvalue weighted by Gasteiger charge is -2.31. The molecule has 0 bridgehead atoms. The third-order valence-corrected chi connectivity index (χ3v) is 4.23. The molecule has 0 aliphatic carbocycles. The molecule has 0 radical (unpaired) electrons. The average molecular weight is 293 g/mol. The first-order valence-corrected chi connectivity index (χ1v) is 7.61. The van der Waals surface area contributed by atoms with Crippen LogP contribution in [0, 0.1) is 11.7 Å². The summed E-state index contributed by atoms with van der Waals surface area (Å²) >= 11 is 0. The highest BCUT2D eigenvalue weighted by atomic mass is 19.1. The normalized spacial score (nSPS) is 17.0. The van der Waals surface area contributed by atoms with E-state index >= 15 is 0 Å². The zero-order valence-electron chi connectivity index (χ0n) is 12.6. The van der Waals surface area contributed by atoms with Crippen LogP contribution in [0.5, 0.6) is 0 Å². The number of likely N-dealkylation sites (tertiary alicyclic amines) is 1. The van der Waals surface area contributed by atoms with E-state index in [0.29, 0.717) is 23.6 Å². The maximum atomic E-state index is 13.7. The molecule has 1 amide bonds. The summed E-state index contributed by atoms with van der Waals surface area (Å²) in [5.41, 5.74) is 6.07. The van der Waals surface area contributed by atoms with Gasteiger partial charge in [0.25, 0.3) is 0 Å². The quantitative estimate of drug-likeness (QED) is 0.840. The summed E-state index contributed by atoms with van der Waals surface area (Å²) in [5, 5.41) is 3.30. The number of hydrogen-bond acceptors (Lipinski definition) is 3. The molecule has 1 saturated heterocycles. The Balaban J connectivity index is 1.81. The van der Waals surface area contributed by atoms with Crippen LogP contribution in [0.25, 0.3) is 0 Å². The Morgan fingerprint density at radius 1 is 1.43 bits per heavy atom. The summed E-state index contributed by atoms with van der Waals surface area (Å²) in [6.45, 7) is 6.92. The first-order chi connectivity index (χ1) is 10.1. The number of nitrogens with zero attached hydrogens (tertiary/aromatic N) is 1. The number of benzene rings is 1. The molecule has 1 aromatic carbocycles. The molecule has 116 valence electrons. The molecule has 2 rings (SSSR count). The largest absolute Gasteiger partial charge is 0.366 e. The van der Waals surface area contributed by atoms with Crippen molar-refractivity contribution >= 4 is 5.91 Å². The van der Waals surface area contributed by atoms with Gasteiger partial charge in [-0.15, -0.1) is 0 Å².